The summed E-state index contributed by atoms with van der Waals surface area (Å²) in [6, 6.07) is 17.9. The quantitative estimate of drug-likeness (QED) is 0.327. The fourth-order valence-electron chi connectivity index (χ4n) is 4.23. The molecule has 0 atom stereocenters. The highest BCUT2D eigenvalue weighted by molar-refractivity contribution is 8.13. The van der Waals surface area contributed by atoms with Crippen molar-refractivity contribution in [2.75, 3.05) is 24.7 Å². The zero-order chi connectivity index (χ0) is 27.9. The number of nitrogens with one attached hydrogen (secondary N) is 1. The average Bonchev–Trinajstić information content (AvgIpc) is 2.86. The average molecular weight is 567 g/mol. The number of rotatable bonds is 6. The van der Waals surface area contributed by atoms with Gasteiger partial charge in [0.05, 0.1) is 11.8 Å². The Balaban J connectivity index is 0.000000732. The van der Waals surface area contributed by atoms with E-state index in [1.807, 2.05) is 12.1 Å². The van der Waals surface area contributed by atoms with Crippen molar-refractivity contribution in [2.24, 2.45) is 0 Å². The molecular formula is C28H30ClF3N2O3S. The van der Waals surface area contributed by atoms with Crippen LogP contribution in [0.1, 0.15) is 46.8 Å². The molecule has 1 amide bonds. The van der Waals surface area contributed by atoms with Crippen LogP contribution in [0.25, 0.3) is 11.1 Å². The zero-order valence-electron chi connectivity index (χ0n) is 21.2. The van der Waals surface area contributed by atoms with E-state index in [9.17, 15) is 26.4 Å². The van der Waals surface area contributed by atoms with Crippen molar-refractivity contribution < 1.29 is 26.4 Å². The molecule has 0 radical (unpaired) electrons. The Morgan fingerprint density at radius 2 is 1.68 bits per heavy atom. The van der Waals surface area contributed by atoms with E-state index in [1.54, 1.807) is 24.3 Å². The van der Waals surface area contributed by atoms with Gasteiger partial charge >= 0.3 is 6.18 Å². The van der Waals surface area contributed by atoms with Crippen LogP contribution in [0.5, 0.6) is 0 Å². The lowest BCUT2D eigenvalue weighted by Crippen LogP contribution is -2.31. The van der Waals surface area contributed by atoms with Gasteiger partial charge in [-0.2, -0.15) is 13.2 Å². The monoisotopic (exact) mass is 566 g/mol. The number of carbonyl (C=O) groups is 1. The lowest BCUT2D eigenvalue weighted by atomic mass is 9.97. The molecule has 0 aliphatic carbocycles. The third-order valence-corrected chi connectivity index (χ3v) is 6.08. The molecule has 1 heterocycles. The van der Waals surface area contributed by atoms with E-state index in [0.717, 1.165) is 50.1 Å². The molecular weight excluding hydrogens is 537 g/mol. The fraction of sp³-hybridized carbons (Fsp3) is 0.321. The van der Waals surface area contributed by atoms with Gasteiger partial charge < -0.3 is 5.32 Å². The number of amides is 1. The van der Waals surface area contributed by atoms with E-state index in [0.29, 0.717) is 16.7 Å². The number of unbranched alkanes of at least 4 members (excludes halogenated alkanes) is 1. The van der Waals surface area contributed by atoms with Gasteiger partial charge in [-0.25, -0.2) is 8.42 Å². The summed E-state index contributed by atoms with van der Waals surface area (Å²) in [5, 5.41) is 2.97. The molecule has 0 saturated carbocycles. The highest BCUT2D eigenvalue weighted by Gasteiger charge is 2.30. The first-order valence-corrected chi connectivity index (χ1v) is 14.9. The van der Waals surface area contributed by atoms with Gasteiger partial charge in [0.2, 0.25) is 9.05 Å². The van der Waals surface area contributed by atoms with E-state index < -0.39 is 20.8 Å². The van der Waals surface area contributed by atoms with Crippen LogP contribution in [0.15, 0.2) is 66.7 Å². The summed E-state index contributed by atoms with van der Waals surface area (Å²) in [7, 11) is 1.31. The fourth-order valence-corrected chi connectivity index (χ4v) is 4.23. The highest BCUT2D eigenvalue weighted by atomic mass is 35.7. The molecule has 3 aromatic rings. The van der Waals surface area contributed by atoms with E-state index in [2.05, 4.69) is 33.9 Å². The Kier molecular flexibility index (Phi) is 9.98. The predicted molar refractivity (Wildman–Crippen MR) is 146 cm³/mol. The summed E-state index contributed by atoms with van der Waals surface area (Å²) in [5.74, 6) is -0.286. The summed E-state index contributed by atoms with van der Waals surface area (Å²) >= 11 is 0. The first kappa shape index (κ1) is 29.7. The number of nitrogens with zero attached hydrogens (tertiary/aromatic N) is 1. The molecule has 204 valence electrons. The van der Waals surface area contributed by atoms with Crippen LogP contribution in [0.2, 0.25) is 0 Å². The van der Waals surface area contributed by atoms with E-state index in [-0.39, 0.29) is 5.91 Å². The van der Waals surface area contributed by atoms with E-state index in [1.165, 1.54) is 36.1 Å². The standard InChI is InChI=1S/C27H27F3N2O.CH3ClO2S/c1-2-3-15-32-16-14-20-17-23(13-10-21(20)18-32)31-26(33)25-7-5-4-6-24(25)19-8-11-22(12-9-19)27(28,29)30;1-5(2,3)4/h4-13,17H,2-3,14-16,18H2,1H3,(H,31,33);1H3. The van der Waals surface area contributed by atoms with Gasteiger partial charge in [0.1, 0.15) is 0 Å². The normalized spacial score (nSPS) is 13.7. The topological polar surface area (TPSA) is 66.5 Å². The predicted octanol–water partition coefficient (Wildman–Crippen LogP) is 6.97. The van der Waals surface area contributed by atoms with Crippen molar-refractivity contribution in [1.29, 1.82) is 0 Å². The van der Waals surface area contributed by atoms with Crippen LogP contribution in [0, 0.1) is 0 Å². The summed E-state index contributed by atoms with van der Waals surface area (Å²) in [5.41, 5.74) is 4.12. The Morgan fingerprint density at radius 1 is 1.03 bits per heavy atom. The van der Waals surface area contributed by atoms with E-state index in [4.69, 9.17) is 0 Å². The second kappa shape index (κ2) is 12.8. The lowest BCUT2D eigenvalue weighted by Gasteiger charge is -2.29. The molecule has 0 fully saturated rings. The van der Waals surface area contributed by atoms with Crippen LogP contribution in [0.4, 0.5) is 18.9 Å². The molecule has 4 rings (SSSR count). The molecule has 1 aliphatic heterocycles. The van der Waals surface area contributed by atoms with Crippen molar-refractivity contribution in [3.05, 3.63) is 89.0 Å². The third-order valence-electron chi connectivity index (χ3n) is 6.08. The second-order valence-electron chi connectivity index (χ2n) is 9.12. The van der Waals surface area contributed by atoms with Crippen molar-refractivity contribution in [3.63, 3.8) is 0 Å². The van der Waals surface area contributed by atoms with Crippen molar-refractivity contribution in [2.45, 2.75) is 38.9 Å². The Hall–Kier alpha value is -2.88. The van der Waals surface area contributed by atoms with Gasteiger partial charge in [0, 0.05) is 35.0 Å². The number of carbonyl (C=O) groups excluding carboxylic acids is 1. The number of anilines is 1. The van der Waals surface area contributed by atoms with Crippen LogP contribution in [-0.2, 0) is 28.2 Å². The van der Waals surface area contributed by atoms with Gasteiger partial charge in [0.25, 0.3) is 5.91 Å². The number of halogens is 4. The van der Waals surface area contributed by atoms with E-state index >= 15 is 0 Å². The van der Waals surface area contributed by atoms with Gasteiger partial charge in [-0.15, -0.1) is 0 Å². The number of alkyl halides is 3. The highest BCUT2D eigenvalue weighted by Crippen LogP contribution is 2.32. The summed E-state index contributed by atoms with van der Waals surface area (Å²) in [4.78, 5) is 15.5. The second-order valence-corrected chi connectivity index (χ2v) is 12.2. The molecule has 38 heavy (non-hydrogen) atoms. The van der Waals surface area contributed by atoms with Crippen LogP contribution < -0.4 is 5.32 Å². The van der Waals surface area contributed by atoms with Gasteiger partial charge in [-0.3, -0.25) is 9.69 Å². The molecule has 1 aliphatic rings. The maximum Gasteiger partial charge on any atom is 0.416 e. The van der Waals surface area contributed by atoms with Crippen molar-refractivity contribution in [3.8, 4) is 11.1 Å². The Labute approximate surface area is 226 Å². The summed E-state index contributed by atoms with van der Waals surface area (Å²) in [6.45, 7) is 5.25. The zero-order valence-corrected chi connectivity index (χ0v) is 22.8. The third kappa shape index (κ3) is 8.85. The Bertz CT molecular complexity index is 1350. The van der Waals surface area contributed by atoms with Crippen molar-refractivity contribution in [1.82, 2.24) is 4.90 Å². The first-order chi connectivity index (χ1) is 17.8. The Morgan fingerprint density at radius 3 is 2.32 bits per heavy atom. The minimum atomic E-state index is -4.39. The number of benzene rings is 3. The molecule has 10 heteroatoms. The molecule has 0 bridgehead atoms. The molecule has 5 nitrogen and oxygen atoms in total. The summed E-state index contributed by atoms with van der Waals surface area (Å²) < 4.78 is 57.5. The molecule has 3 aromatic carbocycles. The number of hydrogen-bond donors (Lipinski definition) is 1. The number of hydrogen-bond acceptors (Lipinski definition) is 4. The molecule has 0 aromatic heterocycles. The maximum absolute atomic E-state index is 13.1. The van der Waals surface area contributed by atoms with Gasteiger partial charge in [0.15, 0.2) is 0 Å². The van der Waals surface area contributed by atoms with Crippen LogP contribution >= 0.6 is 10.7 Å². The van der Waals surface area contributed by atoms with Gasteiger partial charge in [-0.05, 0) is 72.0 Å². The molecule has 1 N–H and O–H groups in total. The van der Waals surface area contributed by atoms with Crippen LogP contribution in [-0.4, -0.2) is 38.6 Å². The number of fused-ring (bicyclic) bond motifs is 1. The van der Waals surface area contributed by atoms with Crippen LogP contribution in [0.3, 0.4) is 0 Å². The minimum absolute atomic E-state index is 0.286. The maximum atomic E-state index is 13.1. The summed E-state index contributed by atoms with van der Waals surface area (Å²) in [6.07, 6.45) is -0.140. The molecule has 0 unspecified atom stereocenters. The largest absolute Gasteiger partial charge is 0.416 e. The smallest absolute Gasteiger partial charge is 0.322 e. The van der Waals surface area contributed by atoms with Crippen molar-refractivity contribution >= 4 is 31.3 Å². The minimum Gasteiger partial charge on any atom is -0.322 e. The lowest BCUT2D eigenvalue weighted by molar-refractivity contribution is -0.137. The molecule has 0 spiro atoms. The first-order valence-electron chi connectivity index (χ1n) is 12.2. The SMILES string of the molecule is CCCCN1CCc2cc(NC(=O)c3ccccc3-c3ccc(C(F)(F)F)cc3)ccc2C1.CS(=O)(=O)Cl. The molecule has 0 saturated heterocycles. The van der Waals surface area contributed by atoms with Gasteiger partial charge in [-0.1, -0.05) is 49.7 Å².